The molecule has 23 heavy (non-hydrogen) atoms. The van der Waals surface area contributed by atoms with Crippen molar-refractivity contribution in [1.82, 2.24) is 4.90 Å². The third kappa shape index (κ3) is 3.28. The van der Waals surface area contributed by atoms with Gasteiger partial charge in [0.15, 0.2) is 0 Å². The molecule has 2 saturated heterocycles. The van der Waals surface area contributed by atoms with Crippen molar-refractivity contribution >= 4 is 23.2 Å². The highest BCUT2D eigenvalue weighted by Gasteiger charge is 2.40. The minimum absolute atomic E-state index is 0.123. The van der Waals surface area contributed by atoms with Crippen molar-refractivity contribution in [3.8, 4) is 0 Å². The van der Waals surface area contributed by atoms with Crippen LogP contribution in [0.25, 0.3) is 0 Å². The number of hydrogen-bond donors (Lipinski definition) is 1. The molecular formula is C17H23NO4S. The molecule has 126 valence electrons. The molecular weight excluding hydrogens is 314 g/mol. The second-order valence-electron chi connectivity index (χ2n) is 6.33. The maximum atomic E-state index is 12.7. The lowest BCUT2D eigenvalue weighted by molar-refractivity contribution is -0.145. The quantitative estimate of drug-likeness (QED) is 0.917. The summed E-state index contributed by atoms with van der Waals surface area (Å²) in [6.45, 7) is 3.98. The Morgan fingerprint density at radius 3 is 2.74 bits per heavy atom. The van der Waals surface area contributed by atoms with E-state index in [1.807, 2.05) is 16.3 Å². The molecule has 2 aliphatic rings. The molecule has 6 heteroatoms. The summed E-state index contributed by atoms with van der Waals surface area (Å²) in [5.41, 5.74) is 1.12. The van der Waals surface area contributed by atoms with Crippen LogP contribution in [0.5, 0.6) is 0 Å². The molecule has 2 aliphatic heterocycles. The van der Waals surface area contributed by atoms with E-state index in [-0.39, 0.29) is 23.8 Å². The van der Waals surface area contributed by atoms with Gasteiger partial charge in [-0.2, -0.15) is 0 Å². The summed E-state index contributed by atoms with van der Waals surface area (Å²) >= 11 is 1.51. The van der Waals surface area contributed by atoms with E-state index in [1.165, 1.54) is 11.3 Å². The lowest BCUT2D eigenvalue weighted by atomic mass is 9.84. The summed E-state index contributed by atoms with van der Waals surface area (Å²) in [4.78, 5) is 26.7. The summed E-state index contributed by atoms with van der Waals surface area (Å²) in [5, 5.41) is 11.3. The van der Waals surface area contributed by atoms with Gasteiger partial charge in [-0.25, -0.2) is 0 Å². The fourth-order valence-corrected chi connectivity index (χ4v) is 4.68. The van der Waals surface area contributed by atoms with E-state index in [9.17, 15) is 14.7 Å². The number of aliphatic carboxylic acids is 1. The van der Waals surface area contributed by atoms with Crippen molar-refractivity contribution < 1.29 is 19.4 Å². The molecule has 1 amide bonds. The van der Waals surface area contributed by atoms with Gasteiger partial charge in [0.25, 0.3) is 5.91 Å². The summed E-state index contributed by atoms with van der Waals surface area (Å²) in [5.74, 6) is -0.766. The Morgan fingerprint density at radius 1 is 1.35 bits per heavy atom. The first-order valence-corrected chi connectivity index (χ1v) is 9.19. The number of amides is 1. The van der Waals surface area contributed by atoms with E-state index in [1.54, 1.807) is 0 Å². The number of piperidine rings is 1. The maximum Gasteiger partial charge on any atom is 0.309 e. The first kappa shape index (κ1) is 16.5. The lowest BCUT2D eigenvalue weighted by Crippen LogP contribution is -2.43. The SMILES string of the molecule is CCc1ccsc1C(=O)N1CCC([C@@H]2OCCC2C(=O)O)CC1. The molecule has 5 nitrogen and oxygen atoms in total. The van der Waals surface area contributed by atoms with Gasteiger partial charge < -0.3 is 14.7 Å². The van der Waals surface area contributed by atoms with Gasteiger partial charge in [-0.1, -0.05) is 6.92 Å². The molecule has 0 saturated carbocycles. The number of likely N-dealkylation sites (tertiary alicyclic amines) is 1. The van der Waals surface area contributed by atoms with E-state index in [0.717, 1.165) is 29.7 Å². The number of ether oxygens (including phenoxy) is 1. The van der Waals surface area contributed by atoms with Crippen molar-refractivity contribution in [2.45, 2.75) is 38.7 Å². The number of carboxylic acid groups (broad SMARTS) is 1. The topological polar surface area (TPSA) is 66.8 Å². The first-order valence-electron chi connectivity index (χ1n) is 8.31. The third-order valence-corrected chi connectivity index (χ3v) is 6.01. The predicted molar refractivity (Wildman–Crippen MR) is 87.8 cm³/mol. The number of carbonyl (C=O) groups is 2. The van der Waals surface area contributed by atoms with Crippen LogP contribution in [0.2, 0.25) is 0 Å². The van der Waals surface area contributed by atoms with Gasteiger partial charge >= 0.3 is 5.97 Å². The summed E-state index contributed by atoms with van der Waals surface area (Å²) in [6.07, 6.45) is 2.95. The summed E-state index contributed by atoms with van der Waals surface area (Å²) < 4.78 is 5.69. The highest BCUT2D eigenvalue weighted by atomic mass is 32.1. The van der Waals surface area contributed by atoms with Crippen LogP contribution in [0, 0.1) is 11.8 Å². The molecule has 3 heterocycles. The van der Waals surface area contributed by atoms with E-state index in [0.29, 0.717) is 26.1 Å². The first-order chi connectivity index (χ1) is 11.1. The Balaban J connectivity index is 1.60. The van der Waals surface area contributed by atoms with Crippen LogP contribution in [0.1, 0.15) is 41.4 Å². The van der Waals surface area contributed by atoms with Gasteiger partial charge in [-0.3, -0.25) is 9.59 Å². The Hall–Kier alpha value is -1.40. The lowest BCUT2D eigenvalue weighted by Gasteiger charge is -2.35. The van der Waals surface area contributed by atoms with E-state index in [2.05, 4.69) is 6.92 Å². The Bertz CT molecular complexity index is 577. The number of rotatable bonds is 4. The van der Waals surface area contributed by atoms with Gasteiger partial charge in [0, 0.05) is 19.7 Å². The van der Waals surface area contributed by atoms with Crippen molar-refractivity contribution in [1.29, 1.82) is 0 Å². The Kier molecular flexibility index (Phi) is 5.02. The molecule has 0 radical (unpaired) electrons. The number of hydrogen-bond acceptors (Lipinski definition) is 4. The smallest absolute Gasteiger partial charge is 0.309 e. The Labute approximate surface area is 140 Å². The molecule has 1 aromatic rings. The van der Waals surface area contributed by atoms with Crippen LogP contribution in [-0.2, 0) is 16.0 Å². The molecule has 1 aromatic heterocycles. The van der Waals surface area contributed by atoms with Crippen molar-refractivity contribution in [3.63, 3.8) is 0 Å². The fourth-order valence-electron chi connectivity index (χ4n) is 3.72. The fraction of sp³-hybridized carbons (Fsp3) is 0.647. The number of carboxylic acids is 1. The average molecular weight is 337 g/mol. The zero-order valence-electron chi connectivity index (χ0n) is 13.4. The van der Waals surface area contributed by atoms with Gasteiger partial charge in [-0.05, 0) is 48.6 Å². The highest BCUT2D eigenvalue weighted by Crippen LogP contribution is 2.34. The standard InChI is InChI=1S/C17H23NO4S/c1-2-11-6-10-23-15(11)16(19)18-7-3-12(4-8-18)14-13(17(20)21)5-9-22-14/h6,10,12-14H,2-5,7-9H2,1H3,(H,20,21)/t13?,14-/m0/s1. The van der Waals surface area contributed by atoms with Crippen LogP contribution in [-0.4, -0.2) is 47.7 Å². The van der Waals surface area contributed by atoms with Crippen molar-refractivity contribution in [2.24, 2.45) is 11.8 Å². The summed E-state index contributed by atoms with van der Waals surface area (Å²) in [7, 11) is 0. The van der Waals surface area contributed by atoms with Crippen LogP contribution in [0.4, 0.5) is 0 Å². The molecule has 0 aliphatic carbocycles. The number of nitrogens with zero attached hydrogens (tertiary/aromatic N) is 1. The van der Waals surface area contributed by atoms with Crippen molar-refractivity contribution in [3.05, 3.63) is 21.9 Å². The molecule has 0 bridgehead atoms. The Morgan fingerprint density at radius 2 is 2.09 bits per heavy atom. The van der Waals surface area contributed by atoms with Crippen LogP contribution in [0.15, 0.2) is 11.4 Å². The van der Waals surface area contributed by atoms with Gasteiger partial charge in [-0.15, -0.1) is 11.3 Å². The van der Waals surface area contributed by atoms with E-state index < -0.39 is 5.97 Å². The molecule has 0 spiro atoms. The minimum atomic E-state index is -0.753. The largest absolute Gasteiger partial charge is 0.481 e. The monoisotopic (exact) mass is 337 g/mol. The minimum Gasteiger partial charge on any atom is -0.481 e. The molecule has 2 fully saturated rings. The molecule has 3 rings (SSSR count). The zero-order chi connectivity index (χ0) is 16.4. The van der Waals surface area contributed by atoms with Crippen molar-refractivity contribution in [2.75, 3.05) is 19.7 Å². The van der Waals surface area contributed by atoms with Gasteiger partial charge in [0.2, 0.25) is 0 Å². The van der Waals surface area contributed by atoms with Gasteiger partial charge in [0.05, 0.1) is 16.9 Å². The van der Waals surface area contributed by atoms with Crippen LogP contribution < -0.4 is 0 Å². The maximum absolute atomic E-state index is 12.7. The molecule has 1 unspecified atom stereocenters. The number of carbonyl (C=O) groups excluding carboxylic acids is 1. The van der Waals surface area contributed by atoms with E-state index >= 15 is 0 Å². The van der Waals surface area contributed by atoms with E-state index in [4.69, 9.17) is 4.74 Å². The van der Waals surface area contributed by atoms with Crippen LogP contribution >= 0.6 is 11.3 Å². The average Bonchev–Trinajstić information content (AvgIpc) is 3.23. The normalized spacial score (nSPS) is 25.7. The number of aryl methyl sites for hydroxylation is 1. The predicted octanol–water partition coefficient (Wildman–Crippen LogP) is 2.65. The molecule has 2 atom stereocenters. The molecule has 0 aromatic carbocycles. The second kappa shape index (κ2) is 7.01. The highest BCUT2D eigenvalue weighted by molar-refractivity contribution is 7.12. The molecule has 1 N–H and O–H groups in total. The van der Waals surface area contributed by atoms with Gasteiger partial charge in [0.1, 0.15) is 0 Å². The third-order valence-electron chi connectivity index (χ3n) is 5.07. The zero-order valence-corrected chi connectivity index (χ0v) is 14.2. The van der Waals surface area contributed by atoms with Crippen LogP contribution in [0.3, 0.4) is 0 Å². The summed E-state index contributed by atoms with van der Waals surface area (Å²) in [6, 6.07) is 2.02. The number of thiophene rings is 1. The second-order valence-corrected chi connectivity index (χ2v) is 7.24.